The number of benzene rings is 5. The molecule has 0 fully saturated rings. The van der Waals surface area contributed by atoms with Crippen molar-refractivity contribution in [3.05, 3.63) is 136 Å². The highest BCUT2D eigenvalue weighted by Gasteiger charge is 2.48. The first-order valence-corrected chi connectivity index (χ1v) is 28.7. The topological polar surface area (TPSA) is 225 Å². The highest BCUT2D eigenvalue weighted by molar-refractivity contribution is 7.87. The molecule has 0 saturated carbocycles. The molecule has 5 aromatic rings. The maximum atomic E-state index is 14.5. The summed E-state index contributed by atoms with van der Waals surface area (Å²) in [6.07, 6.45) is 4.48. The zero-order chi connectivity index (χ0) is 57.0. The zero-order valence-electron chi connectivity index (χ0n) is 46.2. The summed E-state index contributed by atoms with van der Waals surface area (Å²) < 4.78 is 57.0. The molecule has 422 valence electrons. The number of hydrogen-bond donors (Lipinski definition) is 3. The Labute approximate surface area is 466 Å². The van der Waals surface area contributed by atoms with Crippen molar-refractivity contribution >= 4 is 62.5 Å². The highest BCUT2D eigenvalue weighted by atomic mass is 32.2. The van der Waals surface area contributed by atoms with Gasteiger partial charge in [-0.1, -0.05) is 57.2 Å². The summed E-state index contributed by atoms with van der Waals surface area (Å²) in [5.74, 6) is -0.866. The number of carbonyl (C=O) groups is 6. The number of amides is 5. The molecule has 19 heteroatoms. The monoisotopic (exact) mass is 1110 g/mol. The van der Waals surface area contributed by atoms with Crippen LogP contribution in [0.5, 0.6) is 23.0 Å². The quantitative estimate of drug-likeness (QED) is 0.0442. The van der Waals surface area contributed by atoms with Gasteiger partial charge < -0.3 is 44.7 Å². The number of unbranched alkanes of at least 4 members (excludes halogenated alkanes) is 1. The lowest BCUT2D eigenvalue weighted by Crippen LogP contribution is -2.53. The number of ketones is 1. The third kappa shape index (κ3) is 12.0. The van der Waals surface area contributed by atoms with Crippen molar-refractivity contribution < 1.29 is 60.3 Å². The second-order valence-electron chi connectivity index (χ2n) is 21.2. The fourth-order valence-corrected chi connectivity index (χ4v) is 12.6. The minimum Gasteiger partial charge on any atom is -0.493 e. The number of anilines is 3. The Bertz CT molecular complexity index is 3340. The van der Waals surface area contributed by atoms with Crippen LogP contribution in [-0.4, -0.2) is 94.5 Å². The van der Waals surface area contributed by atoms with Crippen LogP contribution in [0.3, 0.4) is 0 Å². The lowest BCUT2D eigenvalue weighted by molar-refractivity contribution is -0.131. The van der Waals surface area contributed by atoms with E-state index < -0.39 is 45.3 Å². The summed E-state index contributed by atoms with van der Waals surface area (Å²) in [7, 11) is -0.0830. The number of nitrogens with zero attached hydrogens (tertiary/aromatic N) is 2. The first-order chi connectivity index (χ1) is 38.4. The van der Waals surface area contributed by atoms with Crippen LogP contribution in [-0.2, 0) is 72.4 Å². The molecule has 0 aliphatic carbocycles. The standard InChI is InChI=1S/C61H69N5O13S/c1-8-45(67)17-11-14-20-56(68)64-57(35(2)3)59(70)62-36(4)58(69)63-43-24-37(33-78-53-28-39-21-22-44-26-40-15-9-12-18-48(40)65(44)60(71)46(39)31-51(53)75-5)23-38(25-43)34-79-54-29-42-30-55(80(73,74)77-7)50-27-41-16-10-13-19-49(41)66(50)61(72)47(42)32-52(54)76-6/h9-10,12-13,15-16,18-19,23-25,28-29,31-32,35-36,44,50,55,57H,8,11,14,17,20-22,26-27,30,33-34H2,1-7H3,(H,62,70)(H,63,69)(H,64,68)/t36-,44+,50-,55?,57-/m0/s1. The first-order valence-electron chi connectivity index (χ1n) is 27.3. The first kappa shape index (κ1) is 56.9. The molecule has 0 radical (unpaired) electrons. The zero-order valence-corrected chi connectivity index (χ0v) is 47.0. The van der Waals surface area contributed by atoms with Gasteiger partial charge in [0.05, 0.1) is 27.4 Å². The molecule has 0 bridgehead atoms. The van der Waals surface area contributed by atoms with Gasteiger partial charge in [0.15, 0.2) is 23.0 Å². The SMILES string of the molecule is CCC(=O)CCCCC(=O)N[C@H](C(=O)N[C@@H](C)C(=O)Nc1cc(COc2cc3c(cc2OC)C(=O)N2c4ccccc4C[C@H]2CC3)cc(COc2cc3c(cc2OC)C(=O)N2c4ccccc4C[C@H]2C(S(=O)(=O)OC)C3)c1)C(C)C. The van der Waals surface area contributed by atoms with Crippen molar-refractivity contribution in [2.75, 3.05) is 36.4 Å². The van der Waals surface area contributed by atoms with E-state index in [0.29, 0.717) is 83.7 Å². The number of Topliss-reactive ketones (excluding diaryl/α,β-unsaturated/α-hetero) is 1. The van der Waals surface area contributed by atoms with Gasteiger partial charge in [0.2, 0.25) is 17.7 Å². The van der Waals surface area contributed by atoms with Gasteiger partial charge in [-0.15, -0.1) is 0 Å². The summed E-state index contributed by atoms with van der Waals surface area (Å²) >= 11 is 0. The number of methoxy groups -OCH3 is 2. The van der Waals surface area contributed by atoms with Crippen LogP contribution >= 0.6 is 0 Å². The van der Waals surface area contributed by atoms with E-state index in [1.807, 2.05) is 47.4 Å². The smallest absolute Gasteiger partial charge is 0.272 e. The van der Waals surface area contributed by atoms with Crippen LogP contribution in [0.2, 0.25) is 0 Å². The van der Waals surface area contributed by atoms with Gasteiger partial charge in [-0.2, -0.15) is 8.42 Å². The maximum Gasteiger partial charge on any atom is 0.272 e. The Kier molecular flexibility index (Phi) is 17.3. The van der Waals surface area contributed by atoms with Gasteiger partial charge in [-0.05, 0) is 146 Å². The molecule has 4 heterocycles. The molecule has 18 nitrogen and oxygen atoms in total. The van der Waals surface area contributed by atoms with Gasteiger partial charge >= 0.3 is 0 Å². The van der Waals surface area contributed by atoms with E-state index >= 15 is 0 Å². The Morgan fingerprint density at radius 1 is 0.650 bits per heavy atom. The summed E-state index contributed by atoms with van der Waals surface area (Å²) in [4.78, 5) is 84.5. The van der Waals surface area contributed by atoms with E-state index in [1.165, 1.54) is 21.1 Å². The second kappa shape index (κ2) is 24.3. The number of nitrogens with one attached hydrogen (secondary N) is 3. The molecule has 3 N–H and O–H groups in total. The lowest BCUT2D eigenvalue weighted by Gasteiger charge is -2.28. The van der Waals surface area contributed by atoms with Crippen molar-refractivity contribution in [3.63, 3.8) is 0 Å². The number of hydrogen-bond acceptors (Lipinski definition) is 13. The minimum absolute atomic E-state index is 0.0208. The predicted octanol–water partition coefficient (Wildman–Crippen LogP) is 7.98. The van der Waals surface area contributed by atoms with Gasteiger partial charge in [0.1, 0.15) is 36.3 Å². The van der Waals surface area contributed by atoms with Crippen molar-refractivity contribution in [3.8, 4) is 23.0 Å². The van der Waals surface area contributed by atoms with Crippen LogP contribution in [0.1, 0.15) is 120 Å². The molecular weight excluding hydrogens is 1040 g/mol. The molecule has 5 amide bonds. The van der Waals surface area contributed by atoms with Gasteiger partial charge in [-0.25, -0.2) is 0 Å². The molecule has 0 saturated heterocycles. The Balaban J connectivity index is 0.974. The molecule has 1 unspecified atom stereocenters. The van der Waals surface area contributed by atoms with Crippen LogP contribution in [0.25, 0.3) is 0 Å². The molecule has 80 heavy (non-hydrogen) atoms. The molecule has 4 aliphatic heterocycles. The number of ether oxygens (including phenoxy) is 4. The van der Waals surface area contributed by atoms with Crippen molar-refractivity contribution in [2.45, 2.75) is 135 Å². The average molecular weight is 1110 g/mol. The van der Waals surface area contributed by atoms with Crippen LogP contribution < -0.4 is 44.7 Å². The molecule has 0 aromatic heterocycles. The number of aryl methyl sites for hydroxylation is 1. The van der Waals surface area contributed by atoms with Gasteiger partial charge in [0.25, 0.3) is 21.9 Å². The molecule has 4 aliphatic rings. The van der Waals surface area contributed by atoms with Crippen LogP contribution in [0.4, 0.5) is 17.1 Å². The van der Waals surface area contributed by atoms with Crippen LogP contribution in [0.15, 0.2) is 91.0 Å². The summed E-state index contributed by atoms with van der Waals surface area (Å²) in [5, 5.41) is 7.37. The van der Waals surface area contributed by atoms with E-state index in [4.69, 9.17) is 23.1 Å². The third-order valence-corrected chi connectivity index (χ3v) is 17.3. The van der Waals surface area contributed by atoms with E-state index in [9.17, 15) is 37.2 Å². The number of para-hydroxylation sites is 2. The Hall–Kier alpha value is -7.77. The largest absolute Gasteiger partial charge is 0.493 e. The maximum absolute atomic E-state index is 14.5. The summed E-state index contributed by atoms with van der Waals surface area (Å²) in [5.41, 5.74) is 7.09. The summed E-state index contributed by atoms with van der Waals surface area (Å²) in [6, 6.07) is 24.7. The van der Waals surface area contributed by atoms with E-state index in [-0.39, 0.29) is 78.6 Å². The fraction of sp³-hybridized carbons (Fsp3) is 0.410. The highest BCUT2D eigenvalue weighted by Crippen LogP contribution is 2.44. The third-order valence-electron chi connectivity index (χ3n) is 15.6. The number of rotatable bonds is 22. The number of carbonyl (C=O) groups excluding carboxylic acids is 6. The minimum atomic E-state index is -4.16. The lowest BCUT2D eigenvalue weighted by atomic mass is 9.99. The van der Waals surface area contributed by atoms with Crippen molar-refractivity contribution in [1.29, 1.82) is 0 Å². The molecular formula is C61H69N5O13S. The van der Waals surface area contributed by atoms with Gasteiger partial charge in [0, 0.05) is 53.5 Å². The molecule has 5 aromatic carbocycles. The van der Waals surface area contributed by atoms with Crippen LogP contribution in [0, 0.1) is 5.92 Å². The average Bonchev–Trinajstić information content (AvgIpc) is 3.99. The van der Waals surface area contributed by atoms with Crippen molar-refractivity contribution in [2.24, 2.45) is 5.92 Å². The normalized spacial score (nSPS) is 17.8. The van der Waals surface area contributed by atoms with E-state index in [2.05, 4.69) is 22.0 Å². The molecule has 0 spiro atoms. The Morgan fingerprint density at radius 3 is 1.84 bits per heavy atom. The van der Waals surface area contributed by atoms with Crippen molar-refractivity contribution in [1.82, 2.24) is 10.6 Å². The Morgan fingerprint density at radius 2 is 1.23 bits per heavy atom. The van der Waals surface area contributed by atoms with E-state index in [0.717, 1.165) is 42.3 Å². The summed E-state index contributed by atoms with van der Waals surface area (Å²) in [6.45, 7) is 6.78. The predicted molar refractivity (Wildman–Crippen MR) is 301 cm³/mol. The fourth-order valence-electron chi connectivity index (χ4n) is 11.3. The molecule has 9 rings (SSSR count). The van der Waals surface area contributed by atoms with E-state index in [1.54, 1.807) is 68.1 Å². The second-order valence-corrected chi connectivity index (χ2v) is 23.1. The molecule has 5 atom stereocenters. The number of fused-ring (bicyclic) bond motifs is 8. The van der Waals surface area contributed by atoms with Gasteiger partial charge in [-0.3, -0.25) is 33.0 Å².